The normalized spacial score (nSPS) is 11.1. The van der Waals surface area contributed by atoms with E-state index in [-0.39, 0.29) is 5.78 Å². The zero-order valence-electron chi connectivity index (χ0n) is 9.07. The van der Waals surface area contributed by atoms with Crippen molar-refractivity contribution in [1.82, 2.24) is 0 Å². The van der Waals surface area contributed by atoms with E-state index in [1.807, 2.05) is 6.07 Å². The van der Waals surface area contributed by atoms with Crippen molar-refractivity contribution < 1.29 is 14.7 Å². The van der Waals surface area contributed by atoms with Crippen molar-refractivity contribution in [3.63, 3.8) is 0 Å². The smallest absolute Gasteiger partial charge is 0.316 e. The van der Waals surface area contributed by atoms with Crippen molar-refractivity contribution in [2.24, 2.45) is 5.41 Å². The Kier molecular flexibility index (Phi) is 2.93. The molecule has 0 atom stereocenters. The van der Waals surface area contributed by atoms with Gasteiger partial charge in [0.15, 0.2) is 5.78 Å². The fourth-order valence-electron chi connectivity index (χ4n) is 1.26. The van der Waals surface area contributed by atoms with Crippen LogP contribution in [0.15, 0.2) is 24.3 Å². The lowest BCUT2D eigenvalue weighted by Crippen LogP contribution is -2.33. The van der Waals surface area contributed by atoms with E-state index >= 15 is 0 Å². The van der Waals surface area contributed by atoms with Crippen molar-refractivity contribution in [2.75, 3.05) is 0 Å². The zero-order valence-corrected chi connectivity index (χ0v) is 9.07. The SMILES string of the molecule is Cc1ccccc1C(=O)C(C)(C)C(=O)O. The zero-order chi connectivity index (χ0) is 11.6. The largest absolute Gasteiger partial charge is 0.481 e. The molecule has 3 nitrogen and oxygen atoms in total. The molecule has 3 heteroatoms. The van der Waals surface area contributed by atoms with Crippen molar-refractivity contribution in [2.45, 2.75) is 20.8 Å². The fraction of sp³-hybridized carbons (Fsp3) is 0.333. The quantitative estimate of drug-likeness (QED) is 0.609. The van der Waals surface area contributed by atoms with E-state index < -0.39 is 11.4 Å². The van der Waals surface area contributed by atoms with Gasteiger partial charge in [-0.3, -0.25) is 9.59 Å². The molecule has 0 aliphatic heterocycles. The van der Waals surface area contributed by atoms with Gasteiger partial charge in [-0.15, -0.1) is 0 Å². The minimum atomic E-state index is -1.37. The Morgan fingerprint density at radius 1 is 1.20 bits per heavy atom. The number of carbonyl (C=O) groups is 2. The van der Waals surface area contributed by atoms with Gasteiger partial charge >= 0.3 is 5.97 Å². The number of aliphatic carboxylic acids is 1. The Bertz CT molecular complexity index is 405. The molecule has 0 unspecified atom stereocenters. The molecule has 0 saturated heterocycles. The second-order valence-electron chi connectivity index (χ2n) is 4.07. The van der Waals surface area contributed by atoms with Crippen molar-refractivity contribution >= 4 is 11.8 Å². The summed E-state index contributed by atoms with van der Waals surface area (Å²) in [7, 11) is 0. The van der Waals surface area contributed by atoms with Crippen molar-refractivity contribution in [3.8, 4) is 0 Å². The topological polar surface area (TPSA) is 54.4 Å². The first-order chi connectivity index (χ1) is 6.87. The molecule has 0 amide bonds. The maximum Gasteiger partial charge on any atom is 0.316 e. The summed E-state index contributed by atoms with van der Waals surface area (Å²) in [6.07, 6.45) is 0. The third-order valence-electron chi connectivity index (χ3n) is 2.49. The average Bonchev–Trinajstić information content (AvgIpc) is 2.17. The molecule has 0 aliphatic carbocycles. The summed E-state index contributed by atoms with van der Waals surface area (Å²) in [5, 5.41) is 8.94. The highest BCUT2D eigenvalue weighted by Gasteiger charge is 2.36. The van der Waals surface area contributed by atoms with Crippen LogP contribution in [0.2, 0.25) is 0 Å². The summed E-state index contributed by atoms with van der Waals surface area (Å²) in [5.74, 6) is -1.45. The molecular formula is C12H14O3. The summed E-state index contributed by atoms with van der Waals surface area (Å²) in [6.45, 7) is 4.64. The van der Waals surface area contributed by atoms with Gasteiger partial charge in [0, 0.05) is 5.56 Å². The lowest BCUT2D eigenvalue weighted by Gasteiger charge is -2.18. The standard InChI is InChI=1S/C12H14O3/c1-8-6-4-5-7-9(8)10(13)12(2,3)11(14)15/h4-7H,1-3H3,(H,14,15). The van der Waals surface area contributed by atoms with Gasteiger partial charge in [-0.2, -0.15) is 0 Å². The van der Waals surface area contributed by atoms with Crippen LogP contribution in [0, 0.1) is 12.3 Å². The van der Waals surface area contributed by atoms with E-state index in [1.165, 1.54) is 13.8 Å². The van der Waals surface area contributed by atoms with Crippen LogP contribution >= 0.6 is 0 Å². The Hall–Kier alpha value is -1.64. The van der Waals surface area contributed by atoms with Crippen molar-refractivity contribution in [1.29, 1.82) is 0 Å². The summed E-state index contributed by atoms with van der Waals surface area (Å²) in [5.41, 5.74) is -0.0896. The van der Waals surface area contributed by atoms with E-state index in [9.17, 15) is 9.59 Å². The second kappa shape index (κ2) is 3.85. The highest BCUT2D eigenvalue weighted by Crippen LogP contribution is 2.23. The van der Waals surface area contributed by atoms with Crippen LogP contribution in [-0.4, -0.2) is 16.9 Å². The summed E-state index contributed by atoms with van der Waals surface area (Å²) >= 11 is 0. The van der Waals surface area contributed by atoms with Gasteiger partial charge in [-0.1, -0.05) is 24.3 Å². The second-order valence-corrected chi connectivity index (χ2v) is 4.07. The van der Waals surface area contributed by atoms with E-state index in [2.05, 4.69) is 0 Å². The average molecular weight is 206 g/mol. The van der Waals surface area contributed by atoms with Gasteiger partial charge in [-0.25, -0.2) is 0 Å². The molecule has 80 valence electrons. The molecule has 0 bridgehead atoms. The molecule has 0 aliphatic rings. The fourth-order valence-corrected chi connectivity index (χ4v) is 1.26. The van der Waals surface area contributed by atoms with Crippen LogP contribution in [0.3, 0.4) is 0 Å². The van der Waals surface area contributed by atoms with Crippen LogP contribution in [0.25, 0.3) is 0 Å². The Labute approximate surface area is 88.7 Å². The Morgan fingerprint density at radius 2 is 1.73 bits per heavy atom. The van der Waals surface area contributed by atoms with Gasteiger partial charge in [0.25, 0.3) is 0 Å². The molecule has 0 spiro atoms. The molecule has 15 heavy (non-hydrogen) atoms. The minimum Gasteiger partial charge on any atom is -0.481 e. The van der Waals surface area contributed by atoms with Gasteiger partial charge in [0.1, 0.15) is 5.41 Å². The number of carbonyl (C=O) groups excluding carboxylic acids is 1. The first kappa shape index (κ1) is 11.4. The predicted molar refractivity (Wildman–Crippen MR) is 56.9 cm³/mol. The summed E-state index contributed by atoms with van der Waals surface area (Å²) < 4.78 is 0. The van der Waals surface area contributed by atoms with Crippen molar-refractivity contribution in [3.05, 3.63) is 35.4 Å². The molecule has 1 aromatic rings. The van der Waals surface area contributed by atoms with E-state index in [0.29, 0.717) is 5.56 Å². The molecule has 1 N–H and O–H groups in total. The van der Waals surface area contributed by atoms with E-state index in [1.54, 1.807) is 25.1 Å². The number of aryl methyl sites for hydroxylation is 1. The minimum absolute atomic E-state index is 0.354. The summed E-state index contributed by atoms with van der Waals surface area (Å²) in [6, 6.07) is 7.01. The van der Waals surface area contributed by atoms with Crippen LogP contribution in [0.1, 0.15) is 29.8 Å². The van der Waals surface area contributed by atoms with Crippen LogP contribution < -0.4 is 0 Å². The van der Waals surface area contributed by atoms with Gasteiger partial charge in [0.05, 0.1) is 0 Å². The Balaban J connectivity index is 3.16. The number of benzene rings is 1. The van der Waals surface area contributed by atoms with E-state index in [0.717, 1.165) is 5.56 Å². The lowest BCUT2D eigenvalue weighted by molar-refractivity contribution is -0.144. The lowest BCUT2D eigenvalue weighted by atomic mass is 9.83. The molecule has 0 saturated carbocycles. The first-order valence-corrected chi connectivity index (χ1v) is 4.71. The number of hydrogen-bond donors (Lipinski definition) is 1. The molecule has 1 rings (SSSR count). The third kappa shape index (κ3) is 2.06. The number of ketones is 1. The van der Waals surface area contributed by atoms with Gasteiger partial charge in [0.2, 0.25) is 0 Å². The van der Waals surface area contributed by atoms with Crippen LogP contribution in [0.4, 0.5) is 0 Å². The summed E-state index contributed by atoms with van der Waals surface area (Å²) in [4.78, 5) is 22.9. The number of carboxylic acid groups (broad SMARTS) is 1. The maximum atomic E-state index is 11.9. The number of hydrogen-bond acceptors (Lipinski definition) is 2. The third-order valence-corrected chi connectivity index (χ3v) is 2.49. The monoisotopic (exact) mass is 206 g/mol. The number of rotatable bonds is 3. The number of Topliss-reactive ketones (excluding diaryl/α,β-unsaturated/α-hetero) is 1. The predicted octanol–water partition coefficient (Wildman–Crippen LogP) is 2.29. The maximum absolute atomic E-state index is 11.9. The Morgan fingerprint density at radius 3 is 2.20 bits per heavy atom. The highest BCUT2D eigenvalue weighted by molar-refractivity contribution is 6.12. The molecule has 0 radical (unpaired) electrons. The van der Waals surface area contributed by atoms with Crippen LogP contribution in [0.5, 0.6) is 0 Å². The molecule has 0 aromatic heterocycles. The number of carboxylic acids is 1. The van der Waals surface area contributed by atoms with Crippen LogP contribution in [-0.2, 0) is 4.79 Å². The van der Waals surface area contributed by atoms with E-state index in [4.69, 9.17) is 5.11 Å². The highest BCUT2D eigenvalue weighted by atomic mass is 16.4. The molecular weight excluding hydrogens is 192 g/mol. The van der Waals surface area contributed by atoms with Gasteiger partial charge < -0.3 is 5.11 Å². The molecule has 1 aromatic carbocycles. The van der Waals surface area contributed by atoms with Gasteiger partial charge in [-0.05, 0) is 26.3 Å². The molecule has 0 fully saturated rings. The molecule has 0 heterocycles. The first-order valence-electron chi connectivity index (χ1n) is 4.71.